The molecular formula is C22H29ClO3. The first-order chi connectivity index (χ1) is 12.6. The summed E-state index contributed by atoms with van der Waals surface area (Å²) < 4.78 is 6.12. The van der Waals surface area contributed by atoms with Crippen molar-refractivity contribution in [2.75, 3.05) is 0 Å². The Morgan fingerprint density at radius 1 is 1.31 bits per heavy atom. The molecule has 0 unspecified atom stereocenters. The molecule has 1 aromatic rings. The zero-order valence-corrected chi connectivity index (χ0v) is 16.3. The largest absolute Gasteiger partial charge is 0.481 e. The summed E-state index contributed by atoms with van der Waals surface area (Å²) in [6.45, 7) is 2.16. The molecular weight excluding hydrogens is 348 g/mol. The monoisotopic (exact) mass is 376 g/mol. The average molecular weight is 377 g/mol. The lowest BCUT2D eigenvalue weighted by atomic mass is 9.91. The van der Waals surface area contributed by atoms with Crippen molar-refractivity contribution >= 4 is 17.6 Å². The first-order valence-corrected chi connectivity index (χ1v) is 9.97. The van der Waals surface area contributed by atoms with Gasteiger partial charge in [-0.05, 0) is 74.3 Å². The van der Waals surface area contributed by atoms with Crippen molar-refractivity contribution in [3.63, 3.8) is 0 Å². The molecule has 0 saturated heterocycles. The summed E-state index contributed by atoms with van der Waals surface area (Å²) in [4.78, 5) is 10.7. The van der Waals surface area contributed by atoms with Gasteiger partial charge in [-0.1, -0.05) is 37.1 Å². The van der Waals surface area contributed by atoms with Gasteiger partial charge in [-0.2, -0.15) is 0 Å². The third-order valence-electron chi connectivity index (χ3n) is 4.83. The number of unbranched alkanes of at least 4 members (excludes halogenated alkanes) is 1. The van der Waals surface area contributed by atoms with Gasteiger partial charge in [-0.3, -0.25) is 4.79 Å². The standard InChI is InChI=1S/C22H29ClO3/c1-2-3-7-17-8-6-9-18(17)16-21(10-4-5-11-22(24)25)26-20-14-12-19(23)13-15-20/h3,7,10,12-15,17-18H,2,4-6,8-9,11,16H2,1H3,(H,24,25)/t17-,18+/m0/s1. The van der Waals surface area contributed by atoms with Crippen molar-refractivity contribution in [1.82, 2.24) is 0 Å². The first-order valence-electron chi connectivity index (χ1n) is 9.59. The average Bonchev–Trinajstić information content (AvgIpc) is 3.05. The Morgan fingerprint density at radius 2 is 2.08 bits per heavy atom. The van der Waals surface area contributed by atoms with Gasteiger partial charge in [0.1, 0.15) is 11.5 Å². The normalized spacial score (nSPS) is 20.6. The highest BCUT2D eigenvalue weighted by Gasteiger charge is 2.26. The predicted molar refractivity (Wildman–Crippen MR) is 107 cm³/mol. The lowest BCUT2D eigenvalue weighted by Gasteiger charge is -2.19. The van der Waals surface area contributed by atoms with E-state index in [9.17, 15) is 4.79 Å². The van der Waals surface area contributed by atoms with Crippen LogP contribution in [0.5, 0.6) is 5.75 Å². The summed E-state index contributed by atoms with van der Waals surface area (Å²) in [6.07, 6.45) is 13.9. The molecule has 2 rings (SSSR count). The number of halogens is 1. The van der Waals surface area contributed by atoms with E-state index in [2.05, 4.69) is 25.2 Å². The van der Waals surface area contributed by atoms with E-state index in [0.29, 0.717) is 23.3 Å². The Bertz CT molecular complexity index is 619. The lowest BCUT2D eigenvalue weighted by molar-refractivity contribution is -0.137. The maximum Gasteiger partial charge on any atom is 0.303 e. The highest BCUT2D eigenvalue weighted by Crippen LogP contribution is 2.37. The van der Waals surface area contributed by atoms with Gasteiger partial charge in [0.15, 0.2) is 0 Å². The molecule has 26 heavy (non-hydrogen) atoms. The molecule has 142 valence electrons. The van der Waals surface area contributed by atoms with E-state index in [1.165, 1.54) is 19.3 Å². The zero-order valence-electron chi connectivity index (χ0n) is 15.5. The molecule has 0 radical (unpaired) electrons. The summed E-state index contributed by atoms with van der Waals surface area (Å²) in [5, 5.41) is 9.50. The molecule has 1 fully saturated rings. The third kappa shape index (κ3) is 7.25. The van der Waals surface area contributed by atoms with Crippen LogP contribution in [0, 0.1) is 11.8 Å². The van der Waals surface area contributed by atoms with Crippen LogP contribution in [0.3, 0.4) is 0 Å². The number of carbonyl (C=O) groups is 1. The minimum Gasteiger partial charge on any atom is -0.481 e. The maximum atomic E-state index is 10.7. The number of rotatable bonds is 10. The van der Waals surface area contributed by atoms with Crippen LogP contribution in [-0.2, 0) is 4.79 Å². The quantitative estimate of drug-likeness (QED) is 0.283. The second-order valence-corrected chi connectivity index (χ2v) is 7.34. The van der Waals surface area contributed by atoms with E-state index < -0.39 is 5.97 Å². The highest BCUT2D eigenvalue weighted by atomic mass is 35.5. The number of carboxylic acid groups (broad SMARTS) is 1. The summed E-state index contributed by atoms with van der Waals surface area (Å²) in [6, 6.07) is 7.38. The molecule has 0 aromatic heterocycles. The minimum absolute atomic E-state index is 0.190. The second-order valence-electron chi connectivity index (χ2n) is 6.91. The maximum absolute atomic E-state index is 10.7. The summed E-state index contributed by atoms with van der Waals surface area (Å²) in [5.41, 5.74) is 0. The number of aliphatic carboxylic acids is 1. The predicted octanol–water partition coefficient (Wildman–Crippen LogP) is 6.63. The first kappa shape index (κ1) is 20.6. The molecule has 0 bridgehead atoms. The summed E-state index contributed by atoms with van der Waals surface area (Å²) in [7, 11) is 0. The number of allylic oxidation sites excluding steroid dienone is 4. The fourth-order valence-corrected chi connectivity index (χ4v) is 3.60. The van der Waals surface area contributed by atoms with Gasteiger partial charge >= 0.3 is 5.97 Å². The van der Waals surface area contributed by atoms with Gasteiger partial charge in [-0.25, -0.2) is 0 Å². The van der Waals surface area contributed by atoms with Crippen LogP contribution in [0.4, 0.5) is 0 Å². The van der Waals surface area contributed by atoms with Crippen molar-refractivity contribution < 1.29 is 14.6 Å². The van der Waals surface area contributed by atoms with Gasteiger partial charge < -0.3 is 9.84 Å². The van der Waals surface area contributed by atoms with E-state index in [4.69, 9.17) is 21.4 Å². The lowest BCUT2D eigenvalue weighted by Crippen LogP contribution is -2.09. The van der Waals surface area contributed by atoms with Crippen molar-refractivity contribution in [1.29, 1.82) is 0 Å². The Kier molecular flexibility index (Phi) is 8.76. The molecule has 0 heterocycles. The van der Waals surface area contributed by atoms with Crippen LogP contribution < -0.4 is 4.74 Å². The van der Waals surface area contributed by atoms with Gasteiger partial charge in [-0.15, -0.1) is 0 Å². The van der Waals surface area contributed by atoms with Crippen LogP contribution >= 0.6 is 11.6 Å². The summed E-state index contributed by atoms with van der Waals surface area (Å²) >= 11 is 5.95. The smallest absolute Gasteiger partial charge is 0.303 e. The Hall–Kier alpha value is -1.74. The number of benzene rings is 1. The van der Waals surface area contributed by atoms with Crippen LogP contribution in [0.25, 0.3) is 0 Å². The van der Waals surface area contributed by atoms with Gasteiger partial charge in [0.2, 0.25) is 0 Å². The number of ether oxygens (including phenoxy) is 1. The van der Waals surface area contributed by atoms with Gasteiger partial charge in [0.05, 0.1) is 0 Å². The van der Waals surface area contributed by atoms with E-state index >= 15 is 0 Å². The van der Waals surface area contributed by atoms with E-state index in [1.807, 2.05) is 24.3 Å². The molecule has 0 spiro atoms. The Morgan fingerprint density at radius 3 is 2.77 bits per heavy atom. The van der Waals surface area contributed by atoms with Crippen LogP contribution in [0.15, 0.2) is 48.3 Å². The SMILES string of the molecule is CCC=C[C@H]1CCC[C@@H]1CC(=CCCCC(=O)O)Oc1ccc(Cl)cc1. The van der Waals surface area contributed by atoms with Crippen LogP contribution in [0.2, 0.25) is 5.02 Å². The van der Waals surface area contributed by atoms with E-state index in [-0.39, 0.29) is 6.42 Å². The fraction of sp³-hybridized carbons (Fsp3) is 0.500. The minimum atomic E-state index is -0.751. The second kappa shape index (κ2) is 11.1. The molecule has 1 aromatic carbocycles. The Labute approximate surface area is 161 Å². The third-order valence-corrected chi connectivity index (χ3v) is 5.08. The van der Waals surface area contributed by atoms with Crippen molar-refractivity contribution in [3.8, 4) is 5.75 Å². The van der Waals surface area contributed by atoms with Crippen LogP contribution in [-0.4, -0.2) is 11.1 Å². The van der Waals surface area contributed by atoms with E-state index in [0.717, 1.165) is 30.8 Å². The van der Waals surface area contributed by atoms with E-state index in [1.54, 1.807) is 0 Å². The highest BCUT2D eigenvalue weighted by molar-refractivity contribution is 6.30. The van der Waals surface area contributed by atoms with Gasteiger partial charge in [0.25, 0.3) is 0 Å². The molecule has 3 nitrogen and oxygen atoms in total. The Balaban J connectivity index is 2.03. The number of carboxylic acids is 1. The van der Waals surface area contributed by atoms with Crippen molar-refractivity contribution in [2.24, 2.45) is 11.8 Å². The number of hydrogen-bond donors (Lipinski definition) is 1. The molecule has 1 N–H and O–H groups in total. The fourth-order valence-electron chi connectivity index (χ4n) is 3.48. The molecule has 1 saturated carbocycles. The van der Waals surface area contributed by atoms with Crippen molar-refractivity contribution in [2.45, 2.75) is 58.3 Å². The molecule has 1 aliphatic rings. The summed E-state index contributed by atoms with van der Waals surface area (Å²) in [5.74, 6) is 2.18. The number of hydrogen-bond acceptors (Lipinski definition) is 2. The molecule has 2 atom stereocenters. The zero-order chi connectivity index (χ0) is 18.8. The molecule has 4 heteroatoms. The molecule has 1 aliphatic carbocycles. The van der Waals surface area contributed by atoms with Crippen molar-refractivity contribution in [3.05, 3.63) is 53.3 Å². The molecule has 0 amide bonds. The van der Waals surface area contributed by atoms with Gasteiger partial charge in [0, 0.05) is 17.9 Å². The van der Waals surface area contributed by atoms with Crippen LogP contribution in [0.1, 0.15) is 58.3 Å². The topological polar surface area (TPSA) is 46.5 Å². The molecule has 0 aliphatic heterocycles.